The van der Waals surface area contributed by atoms with E-state index in [4.69, 9.17) is 5.11 Å². The molecule has 16 heavy (non-hydrogen) atoms. The minimum Gasteiger partial charge on any atom is -0.481 e. The molecule has 0 bridgehead atoms. The molecule has 0 aromatic rings. The van der Waals surface area contributed by atoms with Crippen LogP contribution in [0.15, 0.2) is 0 Å². The molecule has 2 nitrogen and oxygen atoms in total. The Morgan fingerprint density at radius 1 is 1.31 bits per heavy atom. The predicted molar refractivity (Wildman–Crippen MR) is 66.4 cm³/mol. The first-order valence-electron chi connectivity index (χ1n) is 6.85. The molecule has 2 heteroatoms. The topological polar surface area (TPSA) is 37.3 Å². The van der Waals surface area contributed by atoms with E-state index in [0.29, 0.717) is 6.42 Å². The quantitative estimate of drug-likeness (QED) is 0.740. The molecule has 0 spiro atoms. The van der Waals surface area contributed by atoms with Crippen molar-refractivity contribution >= 4 is 5.97 Å². The second kappa shape index (κ2) is 6.93. The lowest BCUT2D eigenvalue weighted by atomic mass is 9.74. The third-order valence-electron chi connectivity index (χ3n) is 4.34. The van der Waals surface area contributed by atoms with Crippen LogP contribution in [0.2, 0.25) is 0 Å². The van der Waals surface area contributed by atoms with Crippen LogP contribution in [-0.2, 0) is 4.79 Å². The SMILES string of the molecule is CCC(C)C1CCC(CCCC(=O)O)CC1. The number of aliphatic carboxylic acids is 1. The molecule has 1 aliphatic carbocycles. The van der Waals surface area contributed by atoms with Gasteiger partial charge in [0.1, 0.15) is 0 Å². The van der Waals surface area contributed by atoms with Crippen LogP contribution >= 0.6 is 0 Å². The van der Waals surface area contributed by atoms with Crippen molar-refractivity contribution in [2.24, 2.45) is 17.8 Å². The van der Waals surface area contributed by atoms with Crippen LogP contribution < -0.4 is 0 Å². The van der Waals surface area contributed by atoms with Crippen LogP contribution in [0.3, 0.4) is 0 Å². The fourth-order valence-corrected chi connectivity index (χ4v) is 2.92. The Balaban J connectivity index is 2.14. The molecule has 0 amide bonds. The summed E-state index contributed by atoms with van der Waals surface area (Å²) in [7, 11) is 0. The summed E-state index contributed by atoms with van der Waals surface area (Å²) in [5.41, 5.74) is 0. The van der Waals surface area contributed by atoms with Crippen molar-refractivity contribution in [2.75, 3.05) is 0 Å². The summed E-state index contributed by atoms with van der Waals surface area (Å²) >= 11 is 0. The highest BCUT2D eigenvalue weighted by Crippen LogP contribution is 2.36. The van der Waals surface area contributed by atoms with E-state index in [2.05, 4.69) is 13.8 Å². The van der Waals surface area contributed by atoms with Gasteiger partial charge < -0.3 is 5.11 Å². The second-order valence-electron chi connectivity index (χ2n) is 5.45. The van der Waals surface area contributed by atoms with Crippen molar-refractivity contribution in [3.63, 3.8) is 0 Å². The van der Waals surface area contributed by atoms with Gasteiger partial charge in [-0.05, 0) is 43.4 Å². The number of hydrogen-bond acceptors (Lipinski definition) is 1. The molecule has 0 saturated heterocycles. The Kier molecular flexibility index (Phi) is 5.86. The van der Waals surface area contributed by atoms with Crippen LogP contribution in [-0.4, -0.2) is 11.1 Å². The highest BCUT2D eigenvalue weighted by atomic mass is 16.4. The second-order valence-corrected chi connectivity index (χ2v) is 5.45. The average molecular weight is 226 g/mol. The smallest absolute Gasteiger partial charge is 0.303 e. The van der Waals surface area contributed by atoms with Gasteiger partial charge in [-0.3, -0.25) is 4.79 Å². The van der Waals surface area contributed by atoms with Crippen molar-refractivity contribution in [2.45, 2.75) is 65.2 Å². The lowest BCUT2D eigenvalue weighted by molar-refractivity contribution is -0.137. The molecule has 0 aromatic heterocycles. The first kappa shape index (κ1) is 13.5. The van der Waals surface area contributed by atoms with Crippen LogP contribution in [0.4, 0.5) is 0 Å². The number of carbonyl (C=O) groups is 1. The van der Waals surface area contributed by atoms with Crippen LogP contribution in [0.25, 0.3) is 0 Å². The van der Waals surface area contributed by atoms with Gasteiger partial charge in [0.15, 0.2) is 0 Å². The summed E-state index contributed by atoms with van der Waals surface area (Å²) < 4.78 is 0. The van der Waals surface area contributed by atoms with E-state index in [1.165, 1.54) is 32.1 Å². The lowest BCUT2D eigenvalue weighted by Gasteiger charge is -2.31. The molecule has 0 radical (unpaired) electrons. The standard InChI is InChI=1S/C14H26O2/c1-3-11(2)13-9-7-12(8-10-13)5-4-6-14(15)16/h11-13H,3-10H2,1-2H3,(H,15,16). The Bertz CT molecular complexity index is 205. The fraction of sp³-hybridized carbons (Fsp3) is 0.929. The van der Waals surface area contributed by atoms with Crippen molar-refractivity contribution < 1.29 is 9.90 Å². The molecular formula is C14H26O2. The number of carboxylic acid groups (broad SMARTS) is 1. The van der Waals surface area contributed by atoms with Crippen LogP contribution in [0.5, 0.6) is 0 Å². The van der Waals surface area contributed by atoms with E-state index in [9.17, 15) is 4.79 Å². The number of carboxylic acids is 1. The summed E-state index contributed by atoms with van der Waals surface area (Å²) in [5.74, 6) is 1.97. The monoisotopic (exact) mass is 226 g/mol. The van der Waals surface area contributed by atoms with E-state index in [1.807, 2.05) is 0 Å². The van der Waals surface area contributed by atoms with Crippen molar-refractivity contribution in [1.29, 1.82) is 0 Å². The van der Waals surface area contributed by atoms with Crippen LogP contribution in [0, 0.1) is 17.8 Å². The van der Waals surface area contributed by atoms with E-state index >= 15 is 0 Å². The molecule has 94 valence electrons. The van der Waals surface area contributed by atoms with Gasteiger partial charge in [0.25, 0.3) is 0 Å². The van der Waals surface area contributed by atoms with E-state index in [1.54, 1.807) is 0 Å². The minimum atomic E-state index is -0.645. The normalized spacial score (nSPS) is 27.6. The van der Waals surface area contributed by atoms with Gasteiger partial charge in [0.2, 0.25) is 0 Å². The fourth-order valence-electron chi connectivity index (χ4n) is 2.92. The molecule has 0 heterocycles. The van der Waals surface area contributed by atoms with Crippen molar-refractivity contribution in [3.05, 3.63) is 0 Å². The third-order valence-corrected chi connectivity index (χ3v) is 4.34. The first-order chi connectivity index (χ1) is 7.63. The molecule has 1 N–H and O–H groups in total. The summed E-state index contributed by atoms with van der Waals surface area (Å²) in [6.07, 6.45) is 9.04. The van der Waals surface area contributed by atoms with Crippen molar-refractivity contribution in [3.8, 4) is 0 Å². The molecule has 0 aromatic carbocycles. The van der Waals surface area contributed by atoms with Gasteiger partial charge in [-0.1, -0.05) is 33.1 Å². The first-order valence-corrected chi connectivity index (χ1v) is 6.85. The van der Waals surface area contributed by atoms with Gasteiger partial charge in [-0.2, -0.15) is 0 Å². The summed E-state index contributed by atoms with van der Waals surface area (Å²) in [4.78, 5) is 10.4. The van der Waals surface area contributed by atoms with Gasteiger partial charge >= 0.3 is 5.97 Å². The lowest BCUT2D eigenvalue weighted by Crippen LogP contribution is -2.19. The summed E-state index contributed by atoms with van der Waals surface area (Å²) in [6, 6.07) is 0. The zero-order valence-electron chi connectivity index (χ0n) is 10.7. The van der Waals surface area contributed by atoms with Crippen molar-refractivity contribution in [1.82, 2.24) is 0 Å². The largest absolute Gasteiger partial charge is 0.481 e. The summed E-state index contributed by atoms with van der Waals surface area (Å²) in [5, 5.41) is 8.59. The zero-order valence-corrected chi connectivity index (χ0v) is 10.7. The molecule has 1 saturated carbocycles. The Morgan fingerprint density at radius 2 is 1.94 bits per heavy atom. The van der Waals surface area contributed by atoms with E-state index in [0.717, 1.165) is 30.6 Å². The Morgan fingerprint density at radius 3 is 2.44 bits per heavy atom. The molecule has 1 unspecified atom stereocenters. The maximum absolute atomic E-state index is 10.4. The zero-order chi connectivity index (χ0) is 12.0. The van der Waals surface area contributed by atoms with Crippen LogP contribution in [0.1, 0.15) is 65.2 Å². The Labute approximate surface area is 99.4 Å². The Hall–Kier alpha value is -0.530. The molecule has 1 rings (SSSR count). The highest BCUT2D eigenvalue weighted by molar-refractivity contribution is 5.66. The number of hydrogen-bond donors (Lipinski definition) is 1. The maximum atomic E-state index is 10.4. The maximum Gasteiger partial charge on any atom is 0.303 e. The van der Waals surface area contributed by atoms with Gasteiger partial charge in [0, 0.05) is 6.42 Å². The molecule has 1 atom stereocenters. The molecule has 0 aliphatic heterocycles. The van der Waals surface area contributed by atoms with Gasteiger partial charge in [-0.15, -0.1) is 0 Å². The van der Waals surface area contributed by atoms with Gasteiger partial charge in [-0.25, -0.2) is 0 Å². The predicted octanol–water partition coefficient (Wildman–Crippen LogP) is 4.09. The van der Waals surface area contributed by atoms with E-state index in [-0.39, 0.29) is 0 Å². The van der Waals surface area contributed by atoms with E-state index < -0.39 is 5.97 Å². The molecular weight excluding hydrogens is 200 g/mol. The number of rotatable bonds is 6. The van der Waals surface area contributed by atoms with Gasteiger partial charge in [0.05, 0.1) is 0 Å². The third kappa shape index (κ3) is 4.54. The average Bonchev–Trinajstić information content (AvgIpc) is 2.28. The summed E-state index contributed by atoms with van der Waals surface area (Å²) in [6.45, 7) is 4.65. The molecule has 1 aliphatic rings. The highest BCUT2D eigenvalue weighted by Gasteiger charge is 2.24. The minimum absolute atomic E-state index is 0.352. The molecule has 1 fully saturated rings.